The standard InChI is InChI=1S/C29H28N6O3/c1-17-13-18(2)27-23(14-17)24(15-25(35-27)21-5-4-11-31-16-21)29(38)34-22-8-6-20(7-9-22)28(37)32-12-10-26(36)33-19(3)30/h4-9,11,13-16H,10,12H2,1-3H3,(H,32,37)(H,34,38)(H2,30,33,36). The minimum Gasteiger partial charge on any atom is -0.387 e. The number of aromatic nitrogens is 2. The summed E-state index contributed by atoms with van der Waals surface area (Å²) in [4.78, 5) is 50.1. The third kappa shape index (κ3) is 6.25. The van der Waals surface area contributed by atoms with E-state index in [1.54, 1.807) is 42.7 Å². The van der Waals surface area contributed by atoms with Crippen LogP contribution in [0.3, 0.4) is 0 Å². The number of carbonyl (C=O) groups is 3. The van der Waals surface area contributed by atoms with Gasteiger partial charge in [-0.1, -0.05) is 11.6 Å². The molecular formula is C29H28N6O3. The highest BCUT2D eigenvalue weighted by Crippen LogP contribution is 2.28. The van der Waals surface area contributed by atoms with E-state index in [0.717, 1.165) is 27.6 Å². The molecule has 0 unspecified atom stereocenters. The van der Waals surface area contributed by atoms with Crippen molar-refractivity contribution in [2.45, 2.75) is 27.2 Å². The highest BCUT2D eigenvalue weighted by Gasteiger charge is 2.17. The van der Waals surface area contributed by atoms with Crippen LogP contribution in [0.25, 0.3) is 22.2 Å². The molecule has 3 amide bonds. The van der Waals surface area contributed by atoms with E-state index < -0.39 is 5.91 Å². The van der Waals surface area contributed by atoms with Crippen LogP contribution < -0.4 is 16.4 Å². The number of fused-ring (bicyclic) bond motifs is 1. The third-order valence-electron chi connectivity index (χ3n) is 5.78. The molecule has 4 rings (SSSR count). The summed E-state index contributed by atoms with van der Waals surface area (Å²) in [7, 11) is 0. The van der Waals surface area contributed by atoms with Crippen LogP contribution in [0.5, 0.6) is 0 Å². The van der Waals surface area contributed by atoms with E-state index >= 15 is 0 Å². The number of pyridine rings is 2. The normalized spacial score (nSPS) is 11.3. The first-order valence-corrected chi connectivity index (χ1v) is 12.1. The molecule has 2 aromatic heterocycles. The van der Waals surface area contributed by atoms with E-state index in [9.17, 15) is 14.4 Å². The van der Waals surface area contributed by atoms with Gasteiger partial charge in [-0.25, -0.2) is 9.98 Å². The number of anilines is 1. The SMILES string of the molecule is CC(N)=NC(=O)CCNC(=O)c1ccc(NC(=O)c2cc(-c3cccnc3)nc3c(C)cc(C)cc23)cc1. The Morgan fingerprint density at radius 3 is 2.45 bits per heavy atom. The van der Waals surface area contributed by atoms with Crippen molar-refractivity contribution >= 4 is 40.1 Å². The summed E-state index contributed by atoms with van der Waals surface area (Å²) >= 11 is 0. The minimum atomic E-state index is -0.399. The molecule has 0 atom stereocenters. The highest BCUT2D eigenvalue weighted by atomic mass is 16.2. The molecule has 0 aliphatic heterocycles. The first-order chi connectivity index (χ1) is 18.2. The molecule has 9 heteroatoms. The Labute approximate surface area is 220 Å². The number of nitrogens with one attached hydrogen (secondary N) is 2. The van der Waals surface area contributed by atoms with Crippen molar-refractivity contribution < 1.29 is 14.4 Å². The molecule has 4 N–H and O–H groups in total. The Kier molecular flexibility index (Phi) is 7.86. The molecule has 4 aromatic rings. The molecular weight excluding hydrogens is 480 g/mol. The second-order valence-corrected chi connectivity index (χ2v) is 8.96. The zero-order valence-electron chi connectivity index (χ0n) is 21.4. The molecule has 2 heterocycles. The number of benzene rings is 2. The Balaban J connectivity index is 1.53. The minimum absolute atomic E-state index is 0.0499. The Bertz CT molecular complexity index is 1540. The predicted octanol–water partition coefficient (Wildman–Crippen LogP) is 4.19. The maximum atomic E-state index is 13.4. The second-order valence-electron chi connectivity index (χ2n) is 8.96. The van der Waals surface area contributed by atoms with Crippen LogP contribution in [-0.4, -0.2) is 40.1 Å². The lowest BCUT2D eigenvalue weighted by Gasteiger charge is -2.13. The van der Waals surface area contributed by atoms with Crippen LogP contribution in [0.4, 0.5) is 5.69 Å². The quantitative estimate of drug-likeness (QED) is 0.253. The zero-order valence-corrected chi connectivity index (χ0v) is 21.4. The fraction of sp³-hybridized carbons (Fsp3) is 0.172. The average molecular weight is 509 g/mol. The first kappa shape index (κ1) is 26.2. The number of carbonyl (C=O) groups excluding carboxylic acids is 3. The average Bonchev–Trinajstić information content (AvgIpc) is 2.88. The topological polar surface area (TPSA) is 139 Å². The van der Waals surface area contributed by atoms with Crippen molar-refractivity contribution in [1.82, 2.24) is 15.3 Å². The van der Waals surface area contributed by atoms with Gasteiger partial charge < -0.3 is 16.4 Å². The van der Waals surface area contributed by atoms with Gasteiger partial charge in [0.05, 0.1) is 22.6 Å². The summed E-state index contributed by atoms with van der Waals surface area (Å²) in [5.74, 6) is -0.850. The summed E-state index contributed by atoms with van der Waals surface area (Å²) in [6.45, 7) is 5.62. The summed E-state index contributed by atoms with van der Waals surface area (Å²) < 4.78 is 0. The molecule has 0 saturated heterocycles. The summed E-state index contributed by atoms with van der Waals surface area (Å²) in [6, 6.07) is 16.0. The van der Waals surface area contributed by atoms with E-state index in [2.05, 4.69) is 20.6 Å². The number of amidine groups is 1. The number of aliphatic imine (C=N–C) groups is 1. The monoisotopic (exact) mass is 508 g/mol. The van der Waals surface area contributed by atoms with Gasteiger partial charge in [0.25, 0.3) is 11.8 Å². The maximum Gasteiger partial charge on any atom is 0.256 e. The lowest BCUT2D eigenvalue weighted by atomic mass is 9.99. The summed E-state index contributed by atoms with van der Waals surface area (Å²) in [5, 5.41) is 6.35. The number of hydrogen-bond donors (Lipinski definition) is 3. The maximum absolute atomic E-state index is 13.4. The van der Waals surface area contributed by atoms with Crippen LogP contribution in [0.1, 0.15) is 45.2 Å². The van der Waals surface area contributed by atoms with Crippen molar-refractivity contribution in [1.29, 1.82) is 0 Å². The first-order valence-electron chi connectivity index (χ1n) is 12.1. The largest absolute Gasteiger partial charge is 0.387 e. The zero-order chi connectivity index (χ0) is 27.2. The van der Waals surface area contributed by atoms with Crippen molar-refractivity contribution in [3.63, 3.8) is 0 Å². The van der Waals surface area contributed by atoms with Gasteiger partial charge in [-0.05, 0) is 74.9 Å². The van der Waals surface area contributed by atoms with Crippen molar-refractivity contribution in [2.75, 3.05) is 11.9 Å². The number of amides is 3. The van der Waals surface area contributed by atoms with Crippen LogP contribution in [0.2, 0.25) is 0 Å². The van der Waals surface area contributed by atoms with Gasteiger partial charge in [-0.3, -0.25) is 19.4 Å². The van der Waals surface area contributed by atoms with Crippen molar-refractivity contribution in [3.8, 4) is 11.3 Å². The third-order valence-corrected chi connectivity index (χ3v) is 5.78. The molecule has 0 saturated carbocycles. The molecule has 0 aliphatic rings. The van der Waals surface area contributed by atoms with Gasteiger partial charge in [-0.2, -0.15) is 0 Å². The number of rotatable bonds is 7. The van der Waals surface area contributed by atoms with E-state index in [-0.39, 0.29) is 30.6 Å². The van der Waals surface area contributed by atoms with E-state index in [1.165, 1.54) is 6.92 Å². The van der Waals surface area contributed by atoms with Crippen molar-refractivity contribution in [3.05, 3.63) is 89.2 Å². The molecule has 0 bridgehead atoms. The van der Waals surface area contributed by atoms with Gasteiger partial charge in [0, 0.05) is 47.6 Å². The molecule has 9 nitrogen and oxygen atoms in total. The van der Waals surface area contributed by atoms with Gasteiger partial charge in [0.1, 0.15) is 0 Å². The molecule has 192 valence electrons. The summed E-state index contributed by atoms with van der Waals surface area (Å²) in [5.41, 5.74) is 11.0. The molecule has 0 spiro atoms. The number of nitrogens with two attached hydrogens (primary N) is 1. The summed E-state index contributed by atoms with van der Waals surface area (Å²) in [6.07, 6.45) is 3.45. The molecule has 0 aliphatic carbocycles. The van der Waals surface area contributed by atoms with Crippen LogP contribution in [-0.2, 0) is 4.79 Å². The molecule has 0 fully saturated rings. The van der Waals surface area contributed by atoms with Gasteiger partial charge in [0.2, 0.25) is 5.91 Å². The Morgan fingerprint density at radius 2 is 1.76 bits per heavy atom. The van der Waals surface area contributed by atoms with E-state index in [0.29, 0.717) is 22.5 Å². The molecule has 38 heavy (non-hydrogen) atoms. The lowest BCUT2D eigenvalue weighted by molar-refractivity contribution is -0.117. The predicted molar refractivity (Wildman–Crippen MR) is 148 cm³/mol. The molecule has 0 radical (unpaired) electrons. The van der Waals surface area contributed by atoms with Crippen molar-refractivity contribution in [2.24, 2.45) is 10.7 Å². The number of nitrogens with zero attached hydrogens (tertiary/aromatic N) is 3. The van der Waals surface area contributed by atoms with E-state index in [1.807, 2.05) is 38.1 Å². The van der Waals surface area contributed by atoms with Crippen LogP contribution in [0.15, 0.2) is 72.0 Å². The highest BCUT2D eigenvalue weighted by molar-refractivity contribution is 6.13. The fourth-order valence-corrected chi connectivity index (χ4v) is 4.07. The number of hydrogen-bond acceptors (Lipinski definition) is 5. The number of aryl methyl sites for hydroxylation is 2. The van der Waals surface area contributed by atoms with Gasteiger partial charge in [0.15, 0.2) is 0 Å². The van der Waals surface area contributed by atoms with Crippen LogP contribution in [0, 0.1) is 13.8 Å². The van der Waals surface area contributed by atoms with Gasteiger partial charge >= 0.3 is 0 Å². The van der Waals surface area contributed by atoms with E-state index in [4.69, 9.17) is 10.7 Å². The Hall–Kier alpha value is -4.92. The van der Waals surface area contributed by atoms with Crippen LogP contribution >= 0.6 is 0 Å². The second kappa shape index (κ2) is 11.4. The Morgan fingerprint density at radius 1 is 1.00 bits per heavy atom. The molecule has 2 aromatic carbocycles. The fourth-order valence-electron chi connectivity index (χ4n) is 4.07. The smallest absolute Gasteiger partial charge is 0.256 e. The van der Waals surface area contributed by atoms with Gasteiger partial charge in [-0.15, -0.1) is 0 Å². The lowest BCUT2D eigenvalue weighted by Crippen LogP contribution is -2.26.